The van der Waals surface area contributed by atoms with Gasteiger partial charge in [-0.1, -0.05) is 36.4 Å². The summed E-state index contributed by atoms with van der Waals surface area (Å²) >= 11 is 1.23. The van der Waals surface area contributed by atoms with Crippen molar-refractivity contribution in [1.82, 2.24) is 20.0 Å². The van der Waals surface area contributed by atoms with Crippen LogP contribution in [0.1, 0.15) is 29.2 Å². The molecule has 0 radical (unpaired) electrons. The molecule has 0 spiro atoms. The highest BCUT2D eigenvalue weighted by atomic mass is 32.2. The first-order valence-electron chi connectivity index (χ1n) is 14.6. The Labute approximate surface area is 259 Å². The fourth-order valence-electron chi connectivity index (χ4n) is 5.75. The molecule has 8 nitrogen and oxygen atoms in total. The SMILES string of the molecule is COc1ccc(-n2nc(-c3ccccc3)c3c2N(CC(=O)NCCN2CCCC2)C(=O)CSC3c2ccc(F)cc2F)cc1. The number of halogens is 2. The third kappa shape index (κ3) is 6.20. The zero-order valence-electron chi connectivity index (χ0n) is 24.3. The van der Waals surface area contributed by atoms with Gasteiger partial charge in [-0.05, 0) is 56.3 Å². The Morgan fingerprint density at radius 2 is 1.80 bits per heavy atom. The second kappa shape index (κ2) is 13.2. The normalized spacial score (nSPS) is 16.9. The van der Waals surface area contributed by atoms with E-state index in [1.807, 2.05) is 42.5 Å². The van der Waals surface area contributed by atoms with Crippen molar-refractivity contribution in [3.8, 4) is 22.7 Å². The van der Waals surface area contributed by atoms with Gasteiger partial charge in [0.15, 0.2) is 0 Å². The van der Waals surface area contributed by atoms with E-state index in [0.717, 1.165) is 44.1 Å². The molecule has 2 amide bonds. The molecule has 2 aliphatic heterocycles. The van der Waals surface area contributed by atoms with Gasteiger partial charge < -0.3 is 15.0 Å². The van der Waals surface area contributed by atoms with E-state index in [1.54, 1.807) is 23.9 Å². The lowest BCUT2D eigenvalue weighted by molar-refractivity contribution is -0.122. The van der Waals surface area contributed by atoms with Crippen molar-refractivity contribution in [3.63, 3.8) is 0 Å². The van der Waals surface area contributed by atoms with Crippen LogP contribution < -0.4 is 15.0 Å². The molecule has 2 aliphatic rings. The lowest BCUT2D eigenvalue weighted by atomic mass is 9.99. The van der Waals surface area contributed by atoms with E-state index in [4.69, 9.17) is 9.84 Å². The van der Waals surface area contributed by atoms with E-state index in [9.17, 15) is 14.0 Å². The largest absolute Gasteiger partial charge is 0.497 e. The Kier molecular flexibility index (Phi) is 8.94. The maximum Gasteiger partial charge on any atom is 0.240 e. The molecule has 1 fully saturated rings. The third-order valence-corrected chi connectivity index (χ3v) is 9.19. The summed E-state index contributed by atoms with van der Waals surface area (Å²) in [5, 5.41) is 7.25. The summed E-state index contributed by atoms with van der Waals surface area (Å²) in [5.74, 6) is -1.03. The minimum atomic E-state index is -0.717. The van der Waals surface area contributed by atoms with E-state index in [1.165, 1.54) is 28.8 Å². The molecule has 1 aromatic heterocycles. The van der Waals surface area contributed by atoms with Gasteiger partial charge in [-0.25, -0.2) is 13.5 Å². The molecule has 0 bridgehead atoms. The first-order valence-corrected chi connectivity index (χ1v) is 15.7. The fraction of sp³-hybridized carbons (Fsp3) is 0.303. The van der Waals surface area contributed by atoms with Gasteiger partial charge in [0.1, 0.15) is 29.7 Å². The molecular weight excluding hydrogens is 584 g/mol. The Morgan fingerprint density at radius 3 is 2.50 bits per heavy atom. The van der Waals surface area contributed by atoms with Crippen molar-refractivity contribution in [2.75, 3.05) is 50.5 Å². The highest BCUT2D eigenvalue weighted by Gasteiger charge is 2.38. The Hall–Kier alpha value is -4.22. The number of hydrogen-bond acceptors (Lipinski definition) is 6. The maximum atomic E-state index is 15.4. The molecule has 0 aliphatic carbocycles. The predicted octanol–water partition coefficient (Wildman–Crippen LogP) is 5.21. The van der Waals surface area contributed by atoms with E-state index >= 15 is 4.39 Å². The van der Waals surface area contributed by atoms with E-state index < -0.39 is 16.9 Å². The molecule has 0 saturated carbocycles. The second-order valence-corrected chi connectivity index (χ2v) is 11.9. The molecule has 1 N–H and O–H groups in total. The number of benzene rings is 3. The van der Waals surface area contributed by atoms with Crippen LogP contribution >= 0.6 is 11.8 Å². The molecular formula is C33H33F2N5O3S. The number of rotatable bonds is 9. The summed E-state index contributed by atoms with van der Waals surface area (Å²) in [6.07, 6.45) is 2.32. The molecule has 3 aromatic carbocycles. The van der Waals surface area contributed by atoms with Crippen LogP contribution in [0.4, 0.5) is 14.6 Å². The van der Waals surface area contributed by atoms with Crippen LogP contribution in [0.3, 0.4) is 0 Å². The number of aromatic nitrogens is 2. The van der Waals surface area contributed by atoms with E-state index in [-0.39, 0.29) is 29.7 Å². The number of hydrogen-bond donors (Lipinski definition) is 1. The first-order chi connectivity index (χ1) is 21.4. The number of nitrogens with zero attached hydrogens (tertiary/aromatic N) is 4. The second-order valence-electron chi connectivity index (χ2n) is 10.8. The van der Waals surface area contributed by atoms with Gasteiger partial charge in [0.05, 0.1) is 29.5 Å². The predicted molar refractivity (Wildman–Crippen MR) is 167 cm³/mol. The maximum absolute atomic E-state index is 15.4. The summed E-state index contributed by atoms with van der Waals surface area (Å²) in [7, 11) is 1.57. The Bertz CT molecular complexity index is 1640. The average molecular weight is 618 g/mol. The quantitative estimate of drug-likeness (QED) is 0.278. The van der Waals surface area contributed by atoms with Crippen molar-refractivity contribution in [3.05, 3.63) is 95.6 Å². The summed E-state index contributed by atoms with van der Waals surface area (Å²) in [6.45, 7) is 3.02. The van der Waals surface area contributed by atoms with Gasteiger partial charge in [-0.3, -0.25) is 14.5 Å². The third-order valence-electron chi connectivity index (χ3n) is 7.95. The number of methoxy groups -OCH3 is 1. The minimum absolute atomic E-state index is 0.0198. The molecule has 44 heavy (non-hydrogen) atoms. The van der Waals surface area contributed by atoms with Gasteiger partial charge in [0.25, 0.3) is 0 Å². The number of likely N-dealkylation sites (tertiary alicyclic amines) is 1. The van der Waals surface area contributed by atoms with E-state index in [0.29, 0.717) is 35.1 Å². The highest BCUT2D eigenvalue weighted by Crippen LogP contribution is 2.49. The number of ether oxygens (including phenoxy) is 1. The van der Waals surface area contributed by atoms with Crippen LogP contribution in [0.2, 0.25) is 0 Å². The zero-order chi connectivity index (χ0) is 30.6. The summed E-state index contributed by atoms with van der Waals surface area (Å²) in [4.78, 5) is 30.9. The van der Waals surface area contributed by atoms with Crippen molar-refractivity contribution in [2.45, 2.75) is 18.1 Å². The van der Waals surface area contributed by atoms with Gasteiger partial charge in [0.2, 0.25) is 11.8 Å². The van der Waals surface area contributed by atoms with Crippen LogP contribution in [0, 0.1) is 11.6 Å². The smallest absolute Gasteiger partial charge is 0.240 e. The topological polar surface area (TPSA) is 79.7 Å². The number of carbonyl (C=O) groups excluding carboxylic acids is 2. The van der Waals surface area contributed by atoms with Crippen molar-refractivity contribution < 1.29 is 23.1 Å². The number of fused-ring (bicyclic) bond motifs is 1. The molecule has 4 aromatic rings. The Balaban J connectivity index is 1.48. The van der Waals surface area contributed by atoms with Crippen LogP contribution in [0.15, 0.2) is 72.8 Å². The number of carbonyl (C=O) groups is 2. The molecule has 1 saturated heterocycles. The molecule has 228 valence electrons. The summed E-state index contributed by atoms with van der Waals surface area (Å²) in [6, 6.07) is 20.1. The average Bonchev–Trinajstić information content (AvgIpc) is 3.67. The lowest BCUT2D eigenvalue weighted by Crippen LogP contribution is -2.44. The standard InChI is InChI=1S/C33H33F2N5O3S/c1-43-25-12-10-24(11-13-25)40-33-30(31(37-40)22-7-3-2-4-8-22)32(26-14-9-23(34)19-27(26)35)44-21-29(42)39(33)20-28(41)36-15-18-38-16-5-6-17-38/h2-4,7-14,19,32H,5-6,15-18,20-21H2,1H3,(H,36,41). The van der Waals surface area contributed by atoms with E-state index in [2.05, 4.69) is 10.2 Å². The van der Waals surface area contributed by atoms with Crippen molar-refractivity contribution in [1.29, 1.82) is 0 Å². The highest BCUT2D eigenvalue weighted by molar-refractivity contribution is 8.00. The fourth-order valence-corrected chi connectivity index (χ4v) is 6.97. The molecule has 6 rings (SSSR count). The minimum Gasteiger partial charge on any atom is -0.497 e. The number of thioether (sulfide) groups is 1. The Morgan fingerprint density at radius 1 is 1.05 bits per heavy atom. The molecule has 1 unspecified atom stereocenters. The van der Waals surface area contributed by atoms with Crippen LogP contribution in [-0.4, -0.2) is 72.1 Å². The lowest BCUT2D eigenvalue weighted by Gasteiger charge is -2.23. The van der Waals surface area contributed by atoms with Crippen LogP contribution in [0.5, 0.6) is 5.75 Å². The van der Waals surface area contributed by atoms with Gasteiger partial charge in [-0.2, -0.15) is 5.10 Å². The van der Waals surface area contributed by atoms with Crippen molar-refractivity contribution in [2.24, 2.45) is 0 Å². The van der Waals surface area contributed by atoms with Gasteiger partial charge >= 0.3 is 0 Å². The summed E-state index contributed by atoms with van der Waals surface area (Å²) in [5.41, 5.74) is 2.72. The number of amides is 2. The molecule has 11 heteroatoms. The van der Waals surface area contributed by atoms with Crippen LogP contribution in [0.25, 0.3) is 16.9 Å². The first kappa shape index (κ1) is 29.8. The number of nitrogens with one attached hydrogen (secondary N) is 1. The molecule has 3 heterocycles. The number of anilines is 1. The van der Waals surface area contributed by atoms with Crippen LogP contribution in [-0.2, 0) is 9.59 Å². The summed E-state index contributed by atoms with van der Waals surface area (Å²) < 4.78 is 36.4. The van der Waals surface area contributed by atoms with Gasteiger partial charge in [0, 0.05) is 35.8 Å². The molecule has 1 atom stereocenters. The van der Waals surface area contributed by atoms with Gasteiger partial charge in [-0.15, -0.1) is 11.8 Å². The van der Waals surface area contributed by atoms with Crippen molar-refractivity contribution >= 4 is 29.4 Å². The zero-order valence-corrected chi connectivity index (χ0v) is 25.2. The monoisotopic (exact) mass is 617 g/mol.